The smallest absolute Gasteiger partial charge is 0.163 e. The van der Waals surface area contributed by atoms with Gasteiger partial charge in [0.25, 0.3) is 0 Å². The fourth-order valence-electron chi connectivity index (χ4n) is 1.89. The van der Waals surface area contributed by atoms with E-state index in [1.165, 1.54) is 4.88 Å². The maximum atomic E-state index is 4.30. The third kappa shape index (κ3) is 1.84. The van der Waals surface area contributed by atoms with Crippen LogP contribution in [0.2, 0.25) is 0 Å². The van der Waals surface area contributed by atoms with Crippen molar-refractivity contribution in [2.45, 2.75) is 13.0 Å². The van der Waals surface area contributed by atoms with E-state index >= 15 is 0 Å². The lowest BCUT2D eigenvalue weighted by atomic mass is 10.2. The highest BCUT2D eigenvalue weighted by molar-refractivity contribution is 7.10. The van der Waals surface area contributed by atoms with Gasteiger partial charge in [-0.3, -0.25) is 4.68 Å². The molecule has 1 N–H and O–H groups in total. The zero-order chi connectivity index (χ0) is 12.5. The van der Waals surface area contributed by atoms with Crippen LogP contribution in [0, 0.1) is 0 Å². The molecule has 3 aromatic heterocycles. The average Bonchev–Trinajstić information content (AvgIpc) is 3.00. The molecule has 0 aromatic carbocycles. The molecule has 0 fully saturated rings. The molecule has 1 atom stereocenters. The fourth-order valence-corrected chi connectivity index (χ4v) is 2.63. The van der Waals surface area contributed by atoms with Gasteiger partial charge in [-0.15, -0.1) is 11.3 Å². The van der Waals surface area contributed by atoms with E-state index in [2.05, 4.69) is 44.8 Å². The number of aromatic nitrogens is 4. The van der Waals surface area contributed by atoms with Gasteiger partial charge in [-0.25, -0.2) is 9.97 Å². The first-order valence-electron chi connectivity index (χ1n) is 5.68. The predicted molar refractivity (Wildman–Crippen MR) is 72.7 cm³/mol. The second-order valence-electron chi connectivity index (χ2n) is 4.11. The molecule has 0 aliphatic carbocycles. The molecule has 0 aliphatic rings. The molecule has 0 bridgehead atoms. The Morgan fingerprint density at radius 2 is 2.28 bits per heavy atom. The van der Waals surface area contributed by atoms with Gasteiger partial charge < -0.3 is 5.32 Å². The van der Waals surface area contributed by atoms with Gasteiger partial charge in [-0.05, 0) is 18.4 Å². The summed E-state index contributed by atoms with van der Waals surface area (Å²) in [6.07, 6.45) is 3.35. The Bertz CT molecular complexity index is 658. The van der Waals surface area contributed by atoms with Gasteiger partial charge >= 0.3 is 0 Å². The van der Waals surface area contributed by atoms with Crippen LogP contribution in [0.25, 0.3) is 11.0 Å². The summed E-state index contributed by atoms with van der Waals surface area (Å²) >= 11 is 1.73. The van der Waals surface area contributed by atoms with Gasteiger partial charge in [0.05, 0.1) is 17.6 Å². The highest BCUT2D eigenvalue weighted by atomic mass is 32.1. The predicted octanol–water partition coefficient (Wildman–Crippen LogP) is 2.60. The number of nitrogens with one attached hydrogen (secondary N) is 1. The first-order valence-corrected chi connectivity index (χ1v) is 6.56. The third-order valence-corrected chi connectivity index (χ3v) is 3.91. The minimum absolute atomic E-state index is 0.225. The topological polar surface area (TPSA) is 55.6 Å². The molecule has 3 aromatic rings. The molecule has 0 amide bonds. The zero-order valence-electron chi connectivity index (χ0n) is 10.2. The molecule has 0 spiro atoms. The van der Waals surface area contributed by atoms with E-state index in [0.29, 0.717) is 0 Å². The SMILES string of the molecule is CC(Nc1ncnc2c1cnn2C)c1cccs1. The molecule has 5 nitrogen and oxygen atoms in total. The van der Waals surface area contributed by atoms with Crippen LogP contribution < -0.4 is 5.32 Å². The minimum Gasteiger partial charge on any atom is -0.362 e. The number of hydrogen-bond acceptors (Lipinski definition) is 5. The Morgan fingerprint density at radius 3 is 3.06 bits per heavy atom. The van der Waals surface area contributed by atoms with Crippen LogP contribution in [0.4, 0.5) is 5.82 Å². The Hall–Kier alpha value is -1.95. The molecule has 3 heterocycles. The summed E-state index contributed by atoms with van der Waals surface area (Å²) in [4.78, 5) is 9.81. The lowest BCUT2D eigenvalue weighted by Gasteiger charge is -2.13. The van der Waals surface area contributed by atoms with Gasteiger partial charge in [0.2, 0.25) is 0 Å². The van der Waals surface area contributed by atoms with Crippen LogP contribution in [0.15, 0.2) is 30.0 Å². The minimum atomic E-state index is 0.225. The van der Waals surface area contributed by atoms with Crippen LogP contribution in [-0.2, 0) is 7.05 Å². The van der Waals surface area contributed by atoms with E-state index in [1.54, 1.807) is 28.5 Å². The molecule has 6 heteroatoms. The van der Waals surface area contributed by atoms with Crippen LogP contribution in [0.5, 0.6) is 0 Å². The molecule has 0 aliphatic heterocycles. The van der Waals surface area contributed by atoms with Crippen molar-refractivity contribution in [3.05, 3.63) is 34.9 Å². The number of nitrogens with zero attached hydrogens (tertiary/aromatic N) is 4. The maximum Gasteiger partial charge on any atom is 0.163 e. The number of hydrogen-bond donors (Lipinski definition) is 1. The number of thiophene rings is 1. The molecule has 18 heavy (non-hydrogen) atoms. The average molecular weight is 259 g/mol. The van der Waals surface area contributed by atoms with E-state index in [4.69, 9.17) is 0 Å². The lowest BCUT2D eigenvalue weighted by Crippen LogP contribution is -2.07. The first-order chi connectivity index (χ1) is 8.75. The summed E-state index contributed by atoms with van der Waals surface area (Å²) in [7, 11) is 1.88. The van der Waals surface area contributed by atoms with Crippen molar-refractivity contribution >= 4 is 28.2 Å². The Morgan fingerprint density at radius 1 is 1.39 bits per heavy atom. The summed E-state index contributed by atoms with van der Waals surface area (Å²) in [5.74, 6) is 0.828. The molecule has 1 unspecified atom stereocenters. The maximum absolute atomic E-state index is 4.30. The number of fused-ring (bicyclic) bond motifs is 1. The molecule has 0 saturated carbocycles. The zero-order valence-corrected chi connectivity index (χ0v) is 11.0. The van der Waals surface area contributed by atoms with Crippen LogP contribution in [-0.4, -0.2) is 19.7 Å². The third-order valence-electron chi connectivity index (χ3n) is 2.85. The van der Waals surface area contributed by atoms with Crippen molar-refractivity contribution < 1.29 is 0 Å². The molecule has 3 rings (SSSR count). The fraction of sp³-hybridized carbons (Fsp3) is 0.250. The summed E-state index contributed by atoms with van der Waals surface area (Å²) in [5, 5.41) is 10.6. The van der Waals surface area contributed by atoms with Gasteiger partial charge in [0, 0.05) is 11.9 Å². The highest BCUT2D eigenvalue weighted by Gasteiger charge is 2.11. The Balaban J connectivity index is 1.95. The van der Waals surface area contributed by atoms with Crippen molar-refractivity contribution in [2.24, 2.45) is 7.05 Å². The van der Waals surface area contributed by atoms with Crippen molar-refractivity contribution in [2.75, 3.05) is 5.32 Å². The van der Waals surface area contributed by atoms with Gasteiger partial charge in [-0.1, -0.05) is 6.07 Å². The van der Waals surface area contributed by atoms with Crippen LogP contribution in [0.1, 0.15) is 17.8 Å². The van der Waals surface area contributed by atoms with E-state index in [9.17, 15) is 0 Å². The summed E-state index contributed by atoms with van der Waals surface area (Å²) < 4.78 is 1.75. The molecule has 92 valence electrons. The van der Waals surface area contributed by atoms with E-state index in [0.717, 1.165) is 16.9 Å². The van der Waals surface area contributed by atoms with E-state index in [1.807, 2.05) is 7.05 Å². The molecule has 0 radical (unpaired) electrons. The molecular weight excluding hydrogens is 246 g/mol. The number of anilines is 1. The highest BCUT2D eigenvalue weighted by Crippen LogP contribution is 2.25. The number of aryl methyl sites for hydroxylation is 1. The summed E-state index contributed by atoms with van der Waals surface area (Å²) in [6.45, 7) is 2.12. The monoisotopic (exact) mass is 259 g/mol. The van der Waals surface area contributed by atoms with Crippen molar-refractivity contribution in [1.82, 2.24) is 19.7 Å². The molecule has 0 saturated heterocycles. The number of rotatable bonds is 3. The van der Waals surface area contributed by atoms with Gasteiger partial charge in [0.1, 0.15) is 12.1 Å². The second-order valence-corrected chi connectivity index (χ2v) is 5.09. The normalized spacial score (nSPS) is 12.8. The summed E-state index contributed by atoms with van der Waals surface area (Å²) in [5.41, 5.74) is 0.839. The van der Waals surface area contributed by atoms with Crippen LogP contribution in [0.3, 0.4) is 0 Å². The van der Waals surface area contributed by atoms with Gasteiger partial charge in [0.15, 0.2) is 5.65 Å². The van der Waals surface area contributed by atoms with E-state index < -0.39 is 0 Å². The molecular formula is C12H13N5S. The van der Waals surface area contributed by atoms with Crippen molar-refractivity contribution in [3.8, 4) is 0 Å². The van der Waals surface area contributed by atoms with Gasteiger partial charge in [-0.2, -0.15) is 5.10 Å². The van der Waals surface area contributed by atoms with Crippen LogP contribution >= 0.6 is 11.3 Å². The van der Waals surface area contributed by atoms with E-state index in [-0.39, 0.29) is 6.04 Å². The Labute approximate surface area is 109 Å². The summed E-state index contributed by atoms with van der Waals surface area (Å²) in [6, 6.07) is 4.39. The standard InChI is InChI=1S/C12H13N5S/c1-8(10-4-3-5-18-10)16-11-9-6-15-17(2)12(9)14-7-13-11/h3-8H,1-2H3,(H,13,14,16). The van der Waals surface area contributed by atoms with Crippen molar-refractivity contribution in [1.29, 1.82) is 0 Å². The largest absolute Gasteiger partial charge is 0.362 e. The lowest BCUT2D eigenvalue weighted by molar-refractivity contribution is 0.785. The quantitative estimate of drug-likeness (QED) is 0.785. The second kappa shape index (κ2) is 4.38. The first kappa shape index (κ1) is 11.2. The van der Waals surface area contributed by atoms with Crippen molar-refractivity contribution in [3.63, 3.8) is 0 Å². The Kier molecular flexibility index (Phi) is 2.71.